The number of alkyl halides is 3. The summed E-state index contributed by atoms with van der Waals surface area (Å²) in [5.74, 6) is -1.58. The van der Waals surface area contributed by atoms with Gasteiger partial charge in [0.25, 0.3) is 0 Å². The largest absolute Gasteiger partial charge is 0.449 e. The van der Waals surface area contributed by atoms with E-state index < -0.39 is 24.5 Å². The van der Waals surface area contributed by atoms with Crippen molar-refractivity contribution in [2.24, 2.45) is 0 Å². The fraction of sp³-hybridized carbons (Fsp3) is 0.294. The van der Waals surface area contributed by atoms with E-state index in [0.717, 1.165) is 4.57 Å². The van der Waals surface area contributed by atoms with Crippen molar-refractivity contribution >= 4 is 22.8 Å². The molecule has 0 aliphatic rings. The lowest BCUT2D eigenvalue weighted by Crippen LogP contribution is -2.30. The monoisotopic (exact) mass is 391 g/mol. The second-order valence-electron chi connectivity index (χ2n) is 6.04. The SMILES string of the molecule is N#Cc1c(N)n[nH]c1CCCNC(=O)Cn1c(C(F)(F)F)nc2ccccc21. The Morgan fingerprint density at radius 1 is 1.36 bits per heavy atom. The van der Waals surface area contributed by atoms with Crippen molar-refractivity contribution in [2.75, 3.05) is 12.3 Å². The molecule has 0 aliphatic carbocycles. The summed E-state index contributed by atoms with van der Waals surface area (Å²) in [5, 5.41) is 18.0. The van der Waals surface area contributed by atoms with Crippen LogP contribution >= 0.6 is 0 Å². The van der Waals surface area contributed by atoms with Gasteiger partial charge in [-0.2, -0.15) is 23.5 Å². The molecule has 0 spiro atoms. The highest BCUT2D eigenvalue weighted by Gasteiger charge is 2.37. The van der Waals surface area contributed by atoms with Gasteiger partial charge in [-0.15, -0.1) is 0 Å². The molecule has 146 valence electrons. The summed E-state index contributed by atoms with van der Waals surface area (Å²) in [5.41, 5.74) is 6.75. The molecular formula is C17H16F3N7O. The number of hydrogen-bond donors (Lipinski definition) is 3. The topological polar surface area (TPSA) is 125 Å². The van der Waals surface area contributed by atoms with Crippen LogP contribution in [-0.2, 0) is 23.9 Å². The first-order chi connectivity index (χ1) is 13.3. The fourth-order valence-corrected chi connectivity index (χ4v) is 2.84. The van der Waals surface area contributed by atoms with E-state index in [9.17, 15) is 18.0 Å². The van der Waals surface area contributed by atoms with E-state index in [1.165, 1.54) is 12.1 Å². The zero-order chi connectivity index (χ0) is 20.3. The van der Waals surface area contributed by atoms with E-state index in [2.05, 4.69) is 20.5 Å². The quantitative estimate of drug-likeness (QED) is 0.554. The number of halogens is 3. The van der Waals surface area contributed by atoms with Crippen molar-refractivity contribution in [1.82, 2.24) is 25.1 Å². The standard InChI is InChI=1S/C17H16F3N7O/c18-17(19,20)16-24-12-4-1-2-6-13(12)27(16)9-14(28)23-7-3-5-11-10(8-21)15(22)26-25-11/h1-2,4,6H,3,5,7,9H2,(H,23,28)(H3,22,25,26). The number of aromatic nitrogens is 4. The van der Waals surface area contributed by atoms with Crippen molar-refractivity contribution in [3.63, 3.8) is 0 Å². The molecule has 1 amide bonds. The third-order valence-corrected chi connectivity index (χ3v) is 4.12. The average Bonchev–Trinajstić information content (AvgIpc) is 3.19. The Balaban J connectivity index is 1.63. The normalized spacial score (nSPS) is 11.5. The molecule has 3 rings (SSSR count). The lowest BCUT2D eigenvalue weighted by Gasteiger charge is -2.11. The second kappa shape index (κ2) is 7.59. The van der Waals surface area contributed by atoms with Crippen LogP contribution in [0.4, 0.5) is 19.0 Å². The number of nitrogens with one attached hydrogen (secondary N) is 2. The molecule has 1 aromatic carbocycles. The predicted octanol–water partition coefficient (Wildman–Crippen LogP) is 1.98. The number of carbonyl (C=O) groups excluding carboxylic acids is 1. The fourth-order valence-electron chi connectivity index (χ4n) is 2.84. The van der Waals surface area contributed by atoms with Crippen LogP contribution in [-0.4, -0.2) is 32.2 Å². The summed E-state index contributed by atoms with van der Waals surface area (Å²) in [6.45, 7) is -0.285. The van der Waals surface area contributed by atoms with Gasteiger partial charge in [0, 0.05) is 6.54 Å². The van der Waals surface area contributed by atoms with Crippen LogP contribution < -0.4 is 11.1 Å². The van der Waals surface area contributed by atoms with Crippen LogP contribution in [0.1, 0.15) is 23.5 Å². The van der Waals surface area contributed by atoms with Gasteiger partial charge in [0.1, 0.15) is 18.2 Å². The van der Waals surface area contributed by atoms with Crippen molar-refractivity contribution in [3.8, 4) is 6.07 Å². The molecule has 0 saturated heterocycles. The maximum atomic E-state index is 13.2. The first-order valence-corrected chi connectivity index (χ1v) is 8.33. The number of hydrogen-bond acceptors (Lipinski definition) is 5. The van der Waals surface area contributed by atoms with Crippen molar-refractivity contribution in [1.29, 1.82) is 5.26 Å². The summed E-state index contributed by atoms with van der Waals surface area (Å²) in [4.78, 5) is 15.8. The zero-order valence-electron chi connectivity index (χ0n) is 14.5. The molecule has 0 fully saturated rings. The molecule has 0 aliphatic heterocycles. The minimum Gasteiger partial charge on any atom is -0.381 e. The number of fused-ring (bicyclic) bond motifs is 1. The van der Waals surface area contributed by atoms with Crippen LogP contribution in [0.2, 0.25) is 0 Å². The highest BCUT2D eigenvalue weighted by molar-refractivity contribution is 5.81. The number of imidazole rings is 1. The Labute approximate surface area is 157 Å². The third-order valence-electron chi connectivity index (χ3n) is 4.12. The molecule has 2 heterocycles. The predicted molar refractivity (Wildman–Crippen MR) is 93.8 cm³/mol. The summed E-state index contributed by atoms with van der Waals surface area (Å²) >= 11 is 0. The molecule has 0 radical (unpaired) electrons. The number of amides is 1. The van der Waals surface area contributed by atoms with Crippen molar-refractivity contribution in [3.05, 3.63) is 41.3 Å². The van der Waals surface area contributed by atoms with Crippen LogP contribution in [0.5, 0.6) is 0 Å². The molecule has 3 aromatic rings. The van der Waals surface area contributed by atoms with Crippen LogP contribution in [0, 0.1) is 11.3 Å². The molecule has 4 N–H and O–H groups in total. The van der Waals surface area contributed by atoms with Gasteiger partial charge in [-0.3, -0.25) is 9.89 Å². The first-order valence-electron chi connectivity index (χ1n) is 8.33. The van der Waals surface area contributed by atoms with Crippen molar-refractivity contribution in [2.45, 2.75) is 25.6 Å². The number of carbonyl (C=O) groups is 1. The lowest BCUT2D eigenvalue weighted by molar-refractivity contribution is -0.147. The molecular weight excluding hydrogens is 375 g/mol. The Kier molecular flexibility index (Phi) is 5.21. The number of nitrogens with two attached hydrogens (primary N) is 1. The molecule has 11 heteroatoms. The Morgan fingerprint density at radius 3 is 2.82 bits per heavy atom. The maximum absolute atomic E-state index is 13.2. The van der Waals surface area contributed by atoms with Gasteiger partial charge in [0.15, 0.2) is 5.82 Å². The van der Waals surface area contributed by atoms with E-state index >= 15 is 0 Å². The molecule has 8 nitrogen and oxygen atoms in total. The second-order valence-corrected chi connectivity index (χ2v) is 6.04. The highest BCUT2D eigenvalue weighted by Crippen LogP contribution is 2.31. The molecule has 0 atom stereocenters. The first kappa shape index (κ1) is 19.2. The van der Waals surface area contributed by atoms with E-state index in [1.54, 1.807) is 12.1 Å². The highest BCUT2D eigenvalue weighted by atomic mass is 19.4. The van der Waals surface area contributed by atoms with Crippen LogP contribution in [0.15, 0.2) is 24.3 Å². The Bertz CT molecular complexity index is 1050. The van der Waals surface area contributed by atoms with Gasteiger partial charge in [0.05, 0.1) is 16.7 Å². The lowest BCUT2D eigenvalue weighted by atomic mass is 10.1. The molecule has 0 saturated carbocycles. The number of nitriles is 1. The van der Waals surface area contributed by atoms with Gasteiger partial charge in [-0.25, -0.2) is 4.98 Å². The number of nitrogen functional groups attached to an aromatic ring is 1. The molecule has 28 heavy (non-hydrogen) atoms. The number of nitrogens with zero attached hydrogens (tertiary/aromatic N) is 4. The summed E-state index contributed by atoms with van der Waals surface area (Å²) in [6.07, 6.45) is -3.80. The molecule has 0 unspecified atom stereocenters. The Morgan fingerprint density at radius 2 is 2.11 bits per heavy atom. The van der Waals surface area contributed by atoms with Gasteiger partial charge < -0.3 is 15.6 Å². The van der Waals surface area contributed by atoms with Crippen LogP contribution in [0.3, 0.4) is 0 Å². The minimum atomic E-state index is -4.67. The number of H-pyrrole nitrogens is 1. The number of aryl methyl sites for hydroxylation is 1. The minimum absolute atomic E-state index is 0.105. The van der Waals surface area contributed by atoms with Gasteiger partial charge in [-0.1, -0.05) is 12.1 Å². The van der Waals surface area contributed by atoms with E-state index in [-0.39, 0.29) is 29.0 Å². The maximum Gasteiger partial charge on any atom is 0.449 e. The number of para-hydroxylation sites is 2. The number of rotatable bonds is 6. The zero-order valence-corrected chi connectivity index (χ0v) is 14.5. The third kappa shape index (κ3) is 3.90. The van der Waals surface area contributed by atoms with Gasteiger partial charge >= 0.3 is 6.18 Å². The number of benzene rings is 1. The van der Waals surface area contributed by atoms with E-state index in [4.69, 9.17) is 11.0 Å². The van der Waals surface area contributed by atoms with Gasteiger partial charge in [0.2, 0.25) is 11.7 Å². The summed E-state index contributed by atoms with van der Waals surface area (Å²) in [6, 6.07) is 8.05. The number of anilines is 1. The van der Waals surface area contributed by atoms with Crippen LogP contribution in [0.25, 0.3) is 11.0 Å². The van der Waals surface area contributed by atoms with Crippen molar-refractivity contribution < 1.29 is 18.0 Å². The molecule has 2 aromatic heterocycles. The average molecular weight is 391 g/mol. The Hall–Kier alpha value is -3.55. The number of aromatic amines is 1. The van der Waals surface area contributed by atoms with E-state index in [0.29, 0.717) is 18.5 Å². The summed E-state index contributed by atoms with van der Waals surface area (Å²) < 4.78 is 40.6. The summed E-state index contributed by atoms with van der Waals surface area (Å²) in [7, 11) is 0. The van der Waals surface area contributed by atoms with E-state index in [1.807, 2.05) is 6.07 Å². The molecule has 0 bridgehead atoms. The smallest absolute Gasteiger partial charge is 0.381 e. The van der Waals surface area contributed by atoms with Gasteiger partial charge in [-0.05, 0) is 25.0 Å².